The fourth-order valence-corrected chi connectivity index (χ4v) is 3.32. The van der Waals surface area contributed by atoms with Gasteiger partial charge in [0.15, 0.2) is 0 Å². The molecule has 2 aromatic rings. The summed E-state index contributed by atoms with van der Waals surface area (Å²) < 4.78 is 13.9. The van der Waals surface area contributed by atoms with E-state index in [1.54, 1.807) is 6.07 Å². The van der Waals surface area contributed by atoms with E-state index in [0.29, 0.717) is 17.5 Å². The van der Waals surface area contributed by atoms with Gasteiger partial charge in [-0.05, 0) is 17.5 Å². The lowest BCUT2D eigenvalue weighted by Crippen LogP contribution is -2.46. The van der Waals surface area contributed by atoms with Crippen LogP contribution in [0.1, 0.15) is 25.5 Å². The van der Waals surface area contributed by atoms with Crippen molar-refractivity contribution in [2.75, 3.05) is 26.2 Å². The largest absolute Gasteiger partial charge is 0.358 e. The van der Waals surface area contributed by atoms with Crippen molar-refractivity contribution in [3.05, 3.63) is 35.8 Å². The maximum atomic E-state index is 13.9. The molecule has 1 atom stereocenters. The third kappa shape index (κ3) is 2.34. The van der Waals surface area contributed by atoms with Crippen LogP contribution in [0.25, 0.3) is 10.9 Å². The first-order valence-corrected chi connectivity index (χ1v) is 7.38. The molecule has 1 aliphatic heterocycles. The highest BCUT2D eigenvalue weighted by atomic mass is 19.1. The molecule has 3 nitrogen and oxygen atoms in total. The van der Waals surface area contributed by atoms with Crippen molar-refractivity contribution < 1.29 is 4.39 Å². The Kier molecular flexibility index (Phi) is 3.76. The lowest BCUT2D eigenvalue weighted by Gasteiger charge is -2.37. The Bertz CT molecular complexity index is 584. The van der Waals surface area contributed by atoms with E-state index in [-0.39, 0.29) is 5.82 Å². The highest BCUT2D eigenvalue weighted by molar-refractivity contribution is 5.84. The average molecular weight is 275 g/mol. The van der Waals surface area contributed by atoms with Crippen LogP contribution in [0, 0.1) is 11.7 Å². The summed E-state index contributed by atoms with van der Waals surface area (Å²) in [6.07, 6.45) is 1.99. The molecule has 108 valence electrons. The molecule has 3 rings (SSSR count). The van der Waals surface area contributed by atoms with Gasteiger partial charge >= 0.3 is 0 Å². The van der Waals surface area contributed by atoms with E-state index >= 15 is 0 Å². The van der Waals surface area contributed by atoms with Crippen LogP contribution in [0.2, 0.25) is 0 Å². The first kappa shape index (κ1) is 13.6. The first-order valence-electron chi connectivity index (χ1n) is 7.38. The van der Waals surface area contributed by atoms with E-state index in [1.807, 2.05) is 12.3 Å². The molecule has 0 amide bonds. The summed E-state index contributed by atoms with van der Waals surface area (Å²) in [5.41, 5.74) is 1.85. The number of hydrogen-bond acceptors (Lipinski definition) is 2. The number of hydrogen-bond donors (Lipinski definition) is 2. The minimum Gasteiger partial charge on any atom is -0.358 e. The lowest BCUT2D eigenvalue weighted by atomic mass is 9.93. The summed E-state index contributed by atoms with van der Waals surface area (Å²) in [5, 5.41) is 4.41. The number of para-hydroxylation sites is 1. The molecule has 1 aliphatic rings. The number of halogens is 1. The molecule has 1 saturated heterocycles. The third-order valence-corrected chi connectivity index (χ3v) is 4.19. The van der Waals surface area contributed by atoms with Crippen molar-refractivity contribution in [1.29, 1.82) is 0 Å². The Morgan fingerprint density at radius 1 is 1.20 bits per heavy atom. The van der Waals surface area contributed by atoms with Crippen LogP contribution >= 0.6 is 0 Å². The molecule has 4 heteroatoms. The van der Waals surface area contributed by atoms with E-state index < -0.39 is 0 Å². The van der Waals surface area contributed by atoms with E-state index in [0.717, 1.165) is 31.6 Å². The Hall–Kier alpha value is -1.39. The van der Waals surface area contributed by atoms with Gasteiger partial charge in [-0.2, -0.15) is 0 Å². The predicted octanol–water partition coefficient (Wildman–Crippen LogP) is 2.91. The zero-order chi connectivity index (χ0) is 14.1. The summed E-state index contributed by atoms with van der Waals surface area (Å²) in [5.74, 6) is 0.326. The van der Waals surface area contributed by atoms with E-state index in [9.17, 15) is 4.39 Å². The molecule has 1 aromatic heterocycles. The van der Waals surface area contributed by atoms with Crippen LogP contribution in [0.5, 0.6) is 0 Å². The second kappa shape index (κ2) is 5.54. The number of H-pyrrole nitrogens is 1. The Labute approximate surface area is 119 Å². The molecule has 1 aromatic carbocycles. The summed E-state index contributed by atoms with van der Waals surface area (Å²) in [4.78, 5) is 5.62. The molecule has 2 heterocycles. The maximum Gasteiger partial charge on any atom is 0.147 e. The van der Waals surface area contributed by atoms with Crippen LogP contribution < -0.4 is 5.32 Å². The number of rotatable bonds is 3. The number of benzene rings is 1. The van der Waals surface area contributed by atoms with E-state index in [2.05, 4.69) is 29.0 Å². The molecule has 0 radical (unpaired) electrons. The van der Waals surface area contributed by atoms with Gasteiger partial charge in [-0.15, -0.1) is 0 Å². The molecule has 0 saturated carbocycles. The van der Waals surface area contributed by atoms with Gasteiger partial charge in [-0.25, -0.2) is 4.39 Å². The van der Waals surface area contributed by atoms with Crippen LogP contribution in [0.4, 0.5) is 4.39 Å². The second-order valence-electron chi connectivity index (χ2n) is 5.88. The molecule has 1 unspecified atom stereocenters. The monoisotopic (exact) mass is 275 g/mol. The van der Waals surface area contributed by atoms with E-state index in [1.165, 1.54) is 11.6 Å². The van der Waals surface area contributed by atoms with Crippen LogP contribution in [-0.4, -0.2) is 36.1 Å². The van der Waals surface area contributed by atoms with Gasteiger partial charge < -0.3 is 10.3 Å². The van der Waals surface area contributed by atoms with Crippen molar-refractivity contribution in [2.24, 2.45) is 5.92 Å². The number of piperazine rings is 1. The van der Waals surface area contributed by atoms with Gasteiger partial charge in [-0.3, -0.25) is 4.90 Å². The third-order valence-electron chi connectivity index (χ3n) is 4.19. The van der Waals surface area contributed by atoms with Gasteiger partial charge in [0.2, 0.25) is 0 Å². The summed E-state index contributed by atoms with van der Waals surface area (Å²) in [7, 11) is 0. The van der Waals surface area contributed by atoms with E-state index in [4.69, 9.17) is 0 Å². The Morgan fingerprint density at radius 3 is 2.65 bits per heavy atom. The van der Waals surface area contributed by atoms with Crippen molar-refractivity contribution >= 4 is 10.9 Å². The number of nitrogens with one attached hydrogen (secondary N) is 2. The first-order chi connectivity index (χ1) is 9.68. The second-order valence-corrected chi connectivity index (χ2v) is 5.88. The van der Waals surface area contributed by atoms with Gasteiger partial charge in [0.25, 0.3) is 0 Å². The number of aromatic nitrogens is 1. The molecule has 0 aliphatic carbocycles. The summed E-state index contributed by atoms with van der Waals surface area (Å²) >= 11 is 0. The quantitative estimate of drug-likeness (QED) is 0.902. The van der Waals surface area contributed by atoms with Crippen LogP contribution in [0.3, 0.4) is 0 Å². The van der Waals surface area contributed by atoms with Gasteiger partial charge in [-0.1, -0.05) is 26.0 Å². The topological polar surface area (TPSA) is 31.1 Å². The van der Waals surface area contributed by atoms with Crippen LogP contribution in [0.15, 0.2) is 24.4 Å². The van der Waals surface area contributed by atoms with Crippen molar-refractivity contribution in [2.45, 2.75) is 19.9 Å². The maximum absolute atomic E-state index is 13.9. The fraction of sp³-hybridized carbons (Fsp3) is 0.500. The van der Waals surface area contributed by atoms with Crippen LogP contribution in [-0.2, 0) is 0 Å². The molecule has 0 spiro atoms. The number of aromatic amines is 1. The SMILES string of the molecule is CC(C)C(c1c[nH]c2c(F)cccc12)N1CCNCC1. The van der Waals surface area contributed by atoms with Crippen molar-refractivity contribution in [3.8, 4) is 0 Å². The normalized spacial score (nSPS) is 18.8. The molecule has 2 N–H and O–H groups in total. The minimum atomic E-state index is -0.170. The fourth-order valence-electron chi connectivity index (χ4n) is 3.32. The predicted molar refractivity (Wildman–Crippen MR) is 80.3 cm³/mol. The number of nitrogens with zero attached hydrogens (tertiary/aromatic N) is 1. The Balaban J connectivity index is 2.03. The molecule has 20 heavy (non-hydrogen) atoms. The molecule has 1 fully saturated rings. The zero-order valence-corrected chi connectivity index (χ0v) is 12.1. The van der Waals surface area contributed by atoms with Crippen molar-refractivity contribution in [1.82, 2.24) is 15.2 Å². The van der Waals surface area contributed by atoms with Gasteiger partial charge in [0.05, 0.1) is 5.52 Å². The molecular formula is C16H22FN3. The highest BCUT2D eigenvalue weighted by Gasteiger charge is 2.27. The summed E-state index contributed by atoms with van der Waals surface area (Å²) in [6.45, 7) is 8.63. The Morgan fingerprint density at radius 2 is 1.95 bits per heavy atom. The zero-order valence-electron chi connectivity index (χ0n) is 12.1. The highest BCUT2D eigenvalue weighted by Crippen LogP contribution is 2.34. The lowest BCUT2D eigenvalue weighted by molar-refractivity contribution is 0.138. The minimum absolute atomic E-state index is 0.170. The van der Waals surface area contributed by atoms with Crippen molar-refractivity contribution in [3.63, 3.8) is 0 Å². The number of fused-ring (bicyclic) bond motifs is 1. The molecular weight excluding hydrogens is 253 g/mol. The standard InChI is InChI=1S/C16H22FN3/c1-11(2)16(20-8-6-18-7-9-20)13-10-19-15-12(13)4-3-5-14(15)17/h3-5,10-11,16,18-19H,6-9H2,1-2H3. The smallest absolute Gasteiger partial charge is 0.147 e. The molecule has 0 bridgehead atoms. The summed E-state index contributed by atoms with van der Waals surface area (Å²) in [6, 6.07) is 5.66. The average Bonchev–Trinajstić information content (AvgIpc) is 2.85. The van der Waals surface area contributed by atoms with Gasteiger partial charge in [0.1, 0.15) is 5.82 Å². The van der Waals surface area contributed by atoms with Gasteiger partial charge in [0, 0.05) is 43.8 Å².